The third kappa shape index (κ3) is 4.27. The first-order chi connectivity index (χ1) is 13.4. The molecule has 28 heavy (non-hydrogen) atoms. The molecule has 0 unspecified atom stereocenters. The Labute approximate surface area is 170 Å². The number of hydrogen-bond acceptors (Lipinski definition) is 3. The van der Waals surface area contributed by atoms with Gasteiger partial charge in [-0.05, 0) is 47.5 Å². The normalized spacial score (nSPS) is 16.2. The Bertz CT molecular complexity index is 831. The summed E-state index contributed by atoms with van der Waals surface area (Å²) < 4.78 is 13.4. The van der Waals surface area contributed by atoms with Gasteiger partial charge in [-0.3, -0.25) is 9.59 Å². The second-order valence-electron chi connectivity index (χ2n) is 7.50. The second kappa shape index (κ2) is 8.86. The zero-order chi connectivity index (χ0) is 20.3. The van der Waals surface area contributed by atoms with E-state index in [0.717, 1.165) is 24.0 Å². The van der Waals surface area contributed by atoms with Crippen LogP contribution in [-0.2, 0) is 16.0 Å². The lowest BCUT2D eigenvalue weighted by Crippen LogP contribution is -2.47. The van der Waals surface area contributed by atoms with Crippen molar-refractivity contribution in [3.63, 3.8) is 0 Å². The van der Waals surface area contributed by atoms with Crippen LogP contribution in [0, 0.1) is 11.7 Å². The van der Waals surface area contributed by atoms with Crippen molar-refractivity contribution in [1.82, 2.24) is 9.80 Å². The van der Waals surface area contributed by atoms with Gasteiger partial charge in [-0.25, -0.2) is 4.39 Å². The van der Waals surface area contributed by atoms with Gasteiger partial charge in [0.1, 0.15) is 5.82 Å². The molecule has 2 heterocycles. The molecule has 2 aromatic rings. The number of carbonyl (C=O) groups is 2. The highest BCUT2D eigenvalue weighted by Gasteiger charge is 2.34. The van der Waals surface area contributed by atoms with Crippen LogP contribution in [0.5, 0.6) is 0 Å². The fraction of sp³-hybridized carbons (Fsp3) is 0.455. The highest BCUT2D eigenvalue weighted by atomic mass is 32.1. The lowest BCUT2D eigenvalue weighted by molar-refractivity contribution is -0.143. The molecule has 1 aromatic carbocycles. The van der Waals surface area contributed by atoms with Crippen LogP contribution in [0.2, 0.25) is 0 Å². The summed E-state index contributed by atoms with van der Waals surface area (Å²) >= 11 is 1.69. The molecule has 1 aromatic heterocycles. The second-order valence-corrected chi connectivity index (χ2v) is 8.51. The van der Waals surface area contributed by atoms with E-state index in [1.165, 1.54) is 17.0 Å². The molecule has 4 nitrogen and oxygen atoms in total. The van der Waals surface area contributed by atoms with E-state index in [-0.39, 0.29) is 36.1 Å². The molecule has 3 rings (SSSR count). The van der Waals surface area contributed by atoms with Crippen molar-refractivity contribution < 1.29 is 14.0 Å². The molecule has 0 aliphatic carbocycles. The van der Waals surface area contributed by atoms with Crippen LogP contribution < -0.4 is 0 Å². The predicted octanol–water partition coefficient (Wildman–Crippen LogP) is 4.26. The highest BCUT2D eigenvalue weighted by molar-refractivity contribution is 7.10. The zero-order valence-corrected chi connectivity index (χ0v) is 17.5. The SMILES string of the molecule is CCCN(CC(=O)N1CCc2sccc2[C@H]1c1ccc(F)cc1)C(=O)C(C)C. The van der Waals surface area contributed by atoms with Crippen LogP contribution in [0.15, 0.2) is 35.7 Å². The Hall–Kier alpha value is -2.21. The Balaban J connectivity index is 1.89. The molecule has 0 saturated heterocycles. The van der Waals surface area contributed by atoms with E-state index in [0.29, 0.717) is 13.1 Å². The van der Waals surface area contributed by atoms with Crippen molar-refractivity contribution in [3.8, 4) is 0 Å². The first-order valence-electron chi connectivity index (χ1n) is 9.82. The molecule has 150 valence electrons. The summed E-state index contributed by atoms with van der Waals surface area (Å²) in [6.07, 6.45) is 1.62. The first kappa shape index (κ1) is 20.5. The predicted molar refractivity (Wildman–Crippen MR) is 110 cm³/mol. The Morgan fingerprint density at radius 2 is 1.96 bits per heavy atom. The van der Waals surface area contributed by atoms with Crippen LogP contribution in [0.4, 0.5) is 4.39 Å². The van der Waals surface area contributed by atoms with Gasteiger partial charge in [0.25, 0.3) is 0 Å². The quantitative estimate of drug-likeness (QED) is 0.725. The molecular formula is C22H27FN2O2S. The number of amides is 2. The van der Waals surface area contributed by atoms with E-state index in [9.17, 15) is 14.0 Å². The molecule has 0 bridgehead atoms. The van der Waals surface area contributed by atoms with E-state index >= 15 is 0 Å². The Kier molecular flexibility index (Phi) is 6.50. The summed E-state index contributed by atoms with van der Waals surface area (Å²) in [7, 11) is 0. The summed E-state index contributed by atoms with van der Waals surface area (Å²) in [5.41, 5.74) is 2.00. The molecule has 0 spiro atoms. The minimum absolute atomic E-state index is 0.00163. The molecule has 2 amide bonds. The van der Waals surface area contributed by atoms with E-state index in [4.69, 9.17) is 0 Å². The van der Waals surface area contributed by atoms with Gasteiger partial charge in [0.2, 0.25) is 11.8 Å². The smallest absolute Gasteiger partial charge is 0.242 e. The van der Waals surface area contributed by atoms with Crippen molar-refractivity contribution in [2.45, 2.75) is 39.7 Å². The summed E-state index contributed by atoms with van der Waals surface area (Å²) in [6, 6.07) is 8.18. The molecule has 0 radical (unpaired) electrons. The molecule has 1 aliphatic heterocycles. The third-order valence-electron chi connectivity index (χ3n) is 5.10. The van der Waals surface area contributed by atoms with Gasteiger partial charge >= 0.3 is 0 Å². The van der Waals surface area contributed by atoms with Gasteiger partial charge in [0, 0.05) is 23.9 Å². The fourth-order valence-electron chi connectivity index (χ4n) is 3.75. The average Bonchev–Trinajstić information content (AvgIpc) is 3.15. The summed E-state index contributed by atoms with van der Waals surface area (Å²) in [5.74, 6) is -0.493. The van der Waals surface area contributed by atoms with Crippen molar-refractivity contribution in [2.75, 3.05) is 19.6 Å². The van der Waals surface area contributed by atoms with Crippen LogP contribution in [0.3, 0.4) is 0 Å². The summed E-state index contributed by atoms with van der Waals surface area (Å²) in [5, 5.41) is 2.04. The molecule has 0 saturated carbocycles. The molecule has 6 heteroatoms. The topological polar surface area (TPSA) is 40.6 Å². The number of benzene rings is 1. The maximum atomic E-state index is 13.4. The standard InChI is InChI=1S/C22H27FN2O2S/c1-4-11-24(22(27)15(2)3)14-20(26)25-12-9-19-18(10-13-28-19)21(25)16-5-7-17(23)8-6-16/h5-8,10,13,15,21H,4,9,11-12,14H2,1-3H3/t21-/m1/s1. The van der Waals surface area contributed by atoms with Crippen LogP contribution in [0.25, 0.3) is 0 Å². The van der Waals surface area contributed by atoms with Gasteiger partial charge in [-0.2, -0.15) is 0 Å². The molecule has 0 N–H and O–H groups in total. The van der Waals surface area contributed by atoms with Gasteiger partial charge in [0.05, 0.1) is 12.6 Å². The number of carbonyl (C=O) groups excluding carboxylic acids is 2. The van der Waals surface area contributed by atoms with Crippen LogP contribution in [-0.4, -0.2) is 41.2 Å². The number of nitrogens with zero attached hydrogens (tertiary/aromatic N) is 2. The highest BCUT2D eigenvalue weighted by Crippen LogP contribution is 2.37. The van der Waals surface area contributed by atoms with Gasteiger partial charge in [-0.1, -0.05) is 32.9 Å². The minimum atomic E-state index is -0.292. The molecule has 1 atom stereocenters. The van der Waals surface area contributed by atoms with Gasteiger partial charge in [-0.15, -0.1) is 11.3 Å². The van der Waals surface area contributed by atoms with Crippen molar-refractivity contribution in [3.05, 3.63) is 57.5 Å². The van der Waals surface area contributed by atoms with E-state index in [2.05, 4.69) is 6.07 Å². The van der Waals surface area contributed by atoms with Crippen molar-refractivity contribution in [2.24, 2.45) is 5.92 Å². The van der Waals surface area contributed by atoms with Gasteiger partial charge < -0.3 is 9.80 Å². The maximum Gasteiger partial charge on any atom is 0.242 e. The lowest BCUT2D eigenvalue weighted by atomic mass is 9.93. The largest absolute Gasteiger partial charge is 0.333 e. The number of fused-ring (bicyclic) bond motifs is 1. The molecule has 0 fully saturated rings. The van der Waals surface area contributed by atoms with E-state index < -0.39 is 0 Å². The number of rotatable bonds is 6. The number of halogens is 1. The molecular weight excluding hydrogens is 375 g/mol. The average molecular weight is 403 g/mol. The zero-order valence-electron chi connectivity index (χ0n) is 16.7. The van der Waals surface area contributed by atoms with Crippen molar-refractivity contribution >= 4 is 23.2 Å². The lowest BCUT2D eigenvalue weighted by Gasteiger charge is -2.37. The van der Waals surface area contributed by atoms with Crippen LogP contribution >= 0.6 is 11.3 Å². The Morgan fingerprint density at radius 1 is 1.25 bits per heavy atom. The third-order valence-corrected chi connectivity index (χ3v) is 6.09. The van der Waals surface area contributed by atoms with Crippen LogP contribution in [0.1, 0.15) is 49.2 Å². The monoisotopic (exact) mass is 402 g/mol. The minimum Gasteiger partial charge on any atom is -0.333 e. The number of thiophene rings is 1. The van der Waals surface area contributed by atoms with E-state index in [1.807, 2.05) is 31.1 Å². The molecule has 1 aliphatic rings. The van der Waals surface area contributed by atoms with Gasteiger partial charge in [0.15, 0.2) is 0 Å². The number of hydrogen-bond donors (Lipinski definition) is 0. The fourth-order valence-corrected chi connectivity index (χ4v) is 4.65. The summed E-state index contributed by atoms with van der Waals surface area (Å²) in [6.45, 7) is 6.98. The maximum absolute atomic E-state index is 13.4. The van der Waals surface area contributed by atoms with E-state index in [1.54, 1.807) is 28.4 Å². The first-order valence-corrected chi connectivity index (χ1v) is 10.7. The van der Waals surface area contributed by atoms with Crippen molar-refractivity contribution in [1.29, 1.82) is 0 Å². The Morgan fingerprint density at radius 3 is 2.61 bits per heavy atom. The summed E-state index contributed by atoms with van der Waals surface area (Å²) in [4.78, 5) is 30.5.